The van der Waals surface area contributed by atoms with Crippen LogP contribution in [0.2, 0.25) is 0 Å². The summed E-state index contributed by atoms with van der Waals surface area (Å²) in [5, 5.41) is 14.6. The third-order valence-electron chi connectivity index (χ3n) is 2.81. The number of carboxylic acid groups (broad SMARTS) is 1. The average molecular weight is 244 g/mol. The first-order valence-corrected chi connectivity index (χ1v) is 5.85. The third-order valence-corrected chi connectivity index (χ3v) is 2.81. The number of hydrogen-bond acceptors (Lipinski definition) is 4. The quantitative estimate of drug-likeness (QED) is 0.505. The van der Waals surface area contributed by atoms with Gasteiger partial charge in [0.15, 0.2) is 0 Å². The number of amides is 1. The monoisotopic (exact) mass is 244 g/mol. The Balaban J connectivity index is 2.26. The molecule has 0 radical (unpaired) electrons. The van der Waals surface area contributed by atoms with Crippen LogP contribution in [0.15, 0.2) is 0 Å². The Kier molecular flexibility index (Phi) is 5.93. The van der Waals surface area contributed by atoms with Crippen LogP contribution in [-0.4, -0.2) is 49.8 Å². The number of hydrogen-bond donors (Lipinski definition) is 3. The third kappa shape index (κ3) is 5.14. The highest BCUT2D eigenvalue weighted by molar-refractivity contribution is 5.83. The fraction of sp³-hybridized carbons (Fsp3) is 0.818. The van der Waals surface area contributed by atoms with E-state index >= 15 is 0 Å². The maximum absolute atomic E-state index is 11.6. The fourth-order valence-electron chi connectivity index (χ4n) is 1.70. The Hall–Kier alpha value is -1.14. The van der Waals surface area contributed by atoms with Crippen molar-refractivity contribution in [2.24, 2.45) is 5.92 Å². The van der Waals surface area contributed by atoms with Crippen LogP contribution in [0.5, 0.6) is 0 Å². The molecule has 17 heavy (non-hydrogen) atoms. The van der Waals surface area contributed by atoms with E-state index < -0.39 is 12.0 Å². The molecule has 0 aliphatic carbocycles. The van der Waals surface area contributed by atoms with Crippen LogP contribution in [0.3, 0.4) is 0 Å². The number of rotatable bonds is 8. The zero-order chi connectivity index (χ0) is 12.7. The molecule has 1 rings (SSSR count). The molecule has 1 heterocycles. The van der Waals surface area contributed by atoms with E-state index in [4.69, 9.17) is 9.84 Å². The second-order valence-corrected chi connectivity index (χ2v) is 4.32. The highest BCUT2D eigenvalue weighted by atomic mass is 16.5. The molecule has 6 heteroatoms. The number of aliphatic carboxylic acids is 1. The van der Waals surface area contributed by atoms with Gasteiger partial charge in [-0.25, -0.2) is 4.79 Å². The van der Waals surface area contributed by atoms with Crippen molar-refractivity contribution >= 4 is 11.9 Å². The van der Waals surface area contributed by atoms with Gasteiger partial charge >= 0.3 is 5.97 Å². The summed E-state index contributed by atoms with van der Waals surface area (Å²) >= 11 is 0. The van der Waals surface area contributed by atoms with Gasteiger partial charge in [0.1, 0.15) is 6.04 Å². The number of nitrogens with one attached hydrogen (secondary N) is 2. The molecule has 0 aromatic heterocycles. The van der Waals surface area contributed by atoms with E-state index in [1.54, 1.807) is 7.11 Å². The minimum absolute atomic E-state index is 0.179. The number of carbonyl (C=O) groups excluding carboxylic acids is 1. The van der Waals surface area contributed by atoms with Gasteiger partial charge in [-0.1, -0.05) is 0 Å². The maximum atomic E-state index is 11.6. The lowest BCUT2D eigenvalue weighted by Gasteiger charge is -2.27. The molecule has 1 amide bonds. The molecular formula is C11H20N2O4. The second kappa shape index (κ2) is 7.24. The van der Waals surface area contributed by atoms with Crippen LogP contribution in [0.25, 0.3) is 0 Å². The van der Waals surface area contributed by atoms with E-state index in [-0.39, 0.29) is 5.91 Å². The molecule has 1 unspecified atom stereocenters. The minimum atomic E-state index is -0.985. The summed E-state index contributed by atoms with van der Waals surface area (Å²) in [6, 6.07) is -0.800. The Morgan fingerprint density at radius 3 is 2.71 bits per heavy atom. The molecule has 6 nitrogen and oxygen atoms in total. The molecule has 0 bridgehead atoms. The van der Waals surface area contributed by atoms with Crippen molar-refractivity contribution < 1.29 is 19.4 Å². The van der Waals surface area contributed by atoms with Crippen molar-refractivity contribution in [3.63, 3.8) is 0 Å². The molecule has 0 spiro atoms. The molecule has 0 saturated carbocycles. The molecular weight excluding hydrogens is 224 g/mol. The lowest BCUT2D eigenvalue weighted by molar-refractivity contribution is -0.142. The van der Waals surface area contributed by atoms with E-state index in [0.717, 1.165) is 13.1 Å². The van der Waals surface area contributed by atoms with Gasteiger partial charge < -0.3 is 20.5 Å². The van der Waals surface area contributed by atoms with Gasteiger partial charge in [-0.3, -0.25) is 4.79 Å². The number of methoxy groups -OCH3 is 1. The fourth-order valence-corrected chi connectivity index (χ4v) is 1.70. The van der Waals surface area contributed by atoms with Crippen LogP contribution in [0, 0.1) is 5.92 Å². The highest BCUT2D eigenvalue weighted by Gasteiger charge is 2.24. The first-order valence-electron chi connectivity index (χ1n) is 5.85. The SMILES string of the molecule is COCCCC(NC(=O)CC1CNC1)C(=O)O. The molecule has 98 valence electrons. The van der Waals surface area contributed by atoms with Crippen molar-refractivity contribution in [2.75, 3.05) is 26.8 Å². The van der Waals surface area contributed by atoms with E-state index in [1.165, 1.54) is 0 Å². The Morgan fingerprint density at radius 2 is 2.24 bits per heavy atom. The second-order valence-electron chi connectivity index (χ2n) is 4.32. The zero-order valence-corrected chi connectivity index (χ0v) is 10.1. The van der Waals surface area contributed by atoms with E-state index in [1.807, 2.05) is 0 Å². The van der Waals surface area contributed by atoms with Crippen LogP contribution in [0.1, 0.15) is 19.3 Å². The van der Waals surface area contributed by atoms with Crippen molar-refractivity contribution in [1.82, 2.24) is 10.6 Å². The molecule has 1 aliphatic rings. The number of carbonyl (C=O) groups is 2. The van der Waals surface area contributed by atoms with Crippen molar-refractivity contribution in [2.45, 2.75) is 25.3 Å². The number of carboxylic acids is 1. The van der Waals surface area contributed by atoms with E-state index in [2.05, 4.69) is 10.6 Å². The standard InChI is InChI=1S/C11H20N2O4/c1-17-4-2-3-9(11(15)16)13-10(14)5-8-6-12-7-8/h8-9,12H,2-7H2,1H3,(H,13,14)(H,15,16). The molecule has 1 aliphatic heterocycles. The van der Waals surface area contributed by atoms with Gasteiger partial charge in [-0.15, -0.1) is 0 Å². The summed E-state index contributed by atoms with van der Waals surface area (Å²) < 4.78 is 4.85. The highest BCUT2D eigenvalue weighted by Crippen LogP contribution is 2.08. The molecule has 1 saturated heterocycles. The summed E-state index contributed by atoms with van der Waals surface area (Å²) in [6.07, 6.45) is 1.43. The van der Waals surface area contributed by atoms with Crippen molar-refractivity contribution in [3.8, 4) is 0 Å². The Morgan fingerprint density at radius 1 is 1.53 bits per heavy atom. The maximum Gasteiger partial charge on any atom is 0.326 e. The van der Waals surface area contributed by atoms with E-state index in [0.29, 0.717) is 31.8 Å². The van der Waals surface area contributed by atoms with Gasteiger partial charge in [0.05, 0.1) is 0 Å². The van der Waals surface area contributed by atoms with Crippen LogP contribution < -0.4 is 10.6 Å². The van der Waals surface area contributed by atoms with Crippen molar-refractivity contribution in [3.05, 3.63) is 0 Å². The lowest BCUT2D eigenvalue weighted by atomic mass is 9.98. The first kappa shape index (κ1) is 13.9. The Labute approximate surface area is 101 Å². The predicted octanol–water partition coefficient (Wildman–Crippen LogP) is -0.408. The van der Waals surface area contributed by atoms with Gasteiger partial charge in [0, 0.05) is 20.1 Å². The summed E-state index contributed by atoms with van der Waals surface area (Å²) in [5.41, 5.74) is 0. The first-order chi connectivity index (χ1) is 8.13. The van der Waals surface area contributed by atoms with Crippen LogP contribution >= 0.6 is 0 Å². The topological polar surface area (TPSA) is 87.7 Å². The zero-order valence-electron chi connectivity index (χ0n) is 10.1. The lowest BCUT2D eigenvalue weighted by Crippen LogP contribution is -2.47. The normalized spacial score (nSPS) is 17.2. The summed E-state index contributed by atoms with van der Waals surface area (Å²) in [4.78, 5) is 22.5. The number of ether oxygens (including phenoxy) is 1. The van der Waals surface area contributed by atoms with Gasteiger partial charge in [-0.2, -0.15) is 0 Å². The van der Waals surface area contributed by atoms with Crippen molar-refractivity contribution in [1.29, 1.82) is 0 Å². The molecule has 0 aromatic carbocycles. The minimum Gasteiger partial charge on any atom is -0.480 e. The largest absolute Gasteiger partial charge is 0.480 e. The predicted molar refractivity (Wildman–Crippen MR) is 61.7 cm³/mol. The molecule has 1 atom stereocenters. The van der Waals surface area contributed by atoms with E-state index in [9.17, 15) is 9.59 Å². The van der Waals surface area contributed by atoms with Crippen LogP contribution in [0.4, 0.5) is 0 Å². The summed E-state index contributed by atoms with van der Waals surface area (Å²) in [6.45, 7) is 2.19. The van der Waals surface area contributed by atoms with Gasteiger partial charge in [0.2, 0.25) is 5.91 Å². The van der Waals surface area contributed by atoms with Gasteiger partial charge in [-0.05, 0) is 31.8 Å². The molecule has 1 fully saturated rings. The smallest absolute Gasteiger partial charge is 0.326 e. The van der Waals surface area contributed by atoms with Crippen LogP contribution in [-0.2, 0) is 14.3 Å². The summed E-state index contributed by atoms with van der Waals surface area (Å²) in [7, 11) is 1.57. The summed E-state index contributed by atoms with van der Waals surface area (Å²) in [5.74, 6) is -0.814. The molecule has 0 aromatic rings. The average Bonchev–Trinajstić information content (AvgIpc) is 2.22. The van der Waals surface area contributed by atoms with Gasteiger partial charge in [0.25, 0.3) is 0 Å². The molecule has 3 N–H and O–H groups in total. The Bertz CT molecular complexity index is 266.